The van der Waals surface area contributed by atoms with E-state index in [1.807, 2.05) is 94.6 Å². The lowest BCUT2D eigenvalue weighted by Crippen LogP contribution is -2.28. The zero-order valence-electron chi connectivity index (χ0n) is 20.9. The second-order valence-electron chi connectivity index (χ2n) is 8.82. The van der Waals surface area contributed by atoms with Gasteiger partial charge in [0.05, 0.1) is 34.3 Å². The number of anilines is 2. The maximum absolute atomic E-state index is 13.9. The lowest BCUT2D eigenvalue weighted by Gasteiger charge is -2.25. The number of benzene rings is 3. The average molecular weight is 539 g/mol. The van der Waals surface area contributed by atoms with Gasteiger partial charge in [0.2, 0.25) is 5.91 Å². The minimum absolute atomic E-state index is 0.00992. The average Bonchev–Trinajstić information content (AvgIpc) is 3.60. The highest BCUT2D eigenvalue weighted by atomic mass is 32.2. The molecule has 0 atom stereocenters. The highest BCUT2D eigenvalue weighted by Gasteiger charge is 2.26. The second kappa shape index (κ2) is 10.8. The second-order valence-corrected chi connectivity index (χ2v) is 10.7. The Labute approximate surface area is 229 Å². The minimum Gasteiger partial charge on any atom is -0.494 e. The Hall–Kier alpha value is -3.88. The molecule has 190 valence electrons. The summed E-state index contributed by atoms with van der Waals surface area (Å²) in [4.78, 5) is 16.8. The van der Waals surface area contributed by atoms with Crippen LogP contribution in [-0.4, -0.2) is 33.0 Å². The van der Waals surface area contributed by atoms with Crippen LogP contribution in [0.1, 0.15) is 18.1 Å². The molecule has 1 aliphatic rings. The highest BCUT2D eigenvalue weighted by molar-refractivity contribution is 7.99. The van der Waals surface area contributed by atoms with E-state index in [0.29, 0.717) is 11.8 Å². The molecule has 0 fully saturated rings. The van der Waals surface area contributed by atoms with Gasteiger partial charge in [-0.15, -0.1) is 21.5 Å². The van der Waals surface area contributed by atoms with E-state index in [-0.39, 0.29) is 11.7 Å². The fourth-order valence-electron chi connectivity index (χ4n) is 4.76. The Balaban J connectivity index is 1.33. The summed E-state index contributed by atoms with van der Waals surface area (Å²) in [5, 5.41) is 11.7. The van der Waals surface area contributed by atoms with Crippen molar-refractivity contribution in [1.82, 2.24) is 14.8 Å². The van der Waals surface area contributed by atoms with Crippen LogP contribution < -0.4 is 9.64 Å². The van der Waals surface area contributed by atoms with E-state index in [2.05, 4.69) is 22.3 Å². The number of aromatic nitrogens is 3. The van der Waals surface area contributed by atoms with E-state index < -0.39 is 0 Å². The number of hydrogen-bond donors (Lipinski definition) is 0. The summed E-state index contributed by atoms with van der Waals surface area (Å²) in [6, 6.07) is 28.3. The Kier molecular flexibility index (Phi) is 6.98. The van der Waals surface area contributed by atoms with Crippen molar-refractivity contribution in [2.45, 2.75) is 24.9 Å². The predicted molar refractivity (Wildman–Crippen MR) is 154 cm³/mol. The number of aryl methyl sites for hydroxylation is 2. The SMILES string of the molecule is CCOc1ccc(-n2c(SCC(=O)N3c4ccccc4CCc4ccccc43)nnc2-c2cccs2)cc1. The molecule has 5 aromatic rings. The van der Waals surface area contributed by atoms with Gasteiger partial charge in [-0.2, -0.15) is 0 Å². The van der Waals surface area contributed by atoms with Crippen molar-refractivity contribution in [3.8, 4) is 22.1 Å². The molecule has 0 aliphatic carbocycles. The van der Waals surface area contributed by atoms with Gasteiger partial charge in [0.25, 0.3) is 0 Å². The molecule has 0 N–H and O–H groups in total. The van der Waals surface area contributed by atoms with Crippen LogP contribution in [-0.2, 0) is 17.6 Å². The number of nitrogens with zero attached hydrogens (tertiary/aromatic N) is 4. The van der Waals surface area contributed by atoms with Crippen LogP contribution >= 0.6 is 23.1 Å². The number of fused-ring (bicyclic) bond motifs is 2. The third-order valence-electron chi connectivity index (χ3n) is 6.48. The summed E-state index contributed by atoms with van der Waals surface area (Å²) < 4.78 is 7.65. The molecule has 6 rings (SSSR count). The van der Waals surface area contributed by atoms with Crippen molar-refractivity contribution in [3.63, 3.8) is 0 Å². The van der Waals surface area contributed by atoms with E-state index in [4.69, 9.17) is 4.74 Å². The number of ether oxygens (including phenoxy) is 1. The Morgan fingerprint density at radius 3 is 2.21 bits per heavy atom. The summed E-state index contributed by atoms with van der Waals surface area (Å²) in [6.45, 7) is 2.58. The molecule has 6 nitrogen and oxygen atoms in total. The Bertz CT molecular complexity index is 1510. The number of hydrogen-bond acceptors (Lipinski definition) is 6. The quantitative estimate of drug-likeness (QED) is 0.210. The molecule has 0 radical (unpaired) electrons. The first-order chi connectivity index (χ1) is 18.7. The van der Waals surface area contributed by atoms with Crippen LogP contribution in [0.3, 0.4) is 0 Å². The molecule has 0 bridgehead atoms. The van der Waals surface area contributed by atoms with Crippen LogP contribution in [0, 0.1) is 0 Å². The van der Waals surface area contributed by atoms with E-state index >= 15 is 0 Å². The highest BCUT2D eigenvalue weighted by Crippen LogP contribution is 2.37. The molecule has 0 saturated heterocycles. The number of carbonyl (C=O) groups excluding carboxylic acids is 1. The van der Waals surface area contributed by atoms with E-state index in [1.54, 1.807) is 11.3 Å². The van der Waals surface area contributed by atoms with Crippen LogP contribution in [0.25, 0.3) is 16.4 Å². The van der Waals surface area contributed by atoms with Gasteiger partial charge in [0, 0.05) is 0 Å². The van der Waals surface area contributed by atoms with Crippen molar-refractivity contribution in [2.75, 3.05) is 17.3 Å². The number of para-hydroxylation sites is 2. The van der Waals surface area contributed by atoms with Crippen LogP contribution in [0.4, 0.5) is 11.4 Å². The fraction of sp³-hybridized carbons (Fsp3) is 0.167. The third-order valence-corrected chi connectivity index (χ3v) is 8.26. The maximum Gasteiger partial charge on any atom is 0.242 e. The molecule has 0 spiro atoms. The number of rotatable bonds is 7. The van der Waals surface area contributed by atoms with Crippen LogP contribution in [0.5, 0.6) is 5.75 Å². The summed E-state index contributed by atoms with van der Waals surface area (Å²) in [6.07, 6.45) is 1.81. The first-order valence-electron chi connectivity index (χ1n) is 12.6. The molecular weight excluding hydrogens is 512 g/mol. The summed E-state index contributed by atoms with van der Waals surface area (Å²) in [7, 11) is 0. The molecule has 1 amide bonds. The van der Waals surface area contributed by atoms with Gasteiger partial charge in [0.1, 0.15) is 5.75 Å². The number of thioether (sulfide) groups is 1. The monoisotopic (exact) mass is 538 g/mol. The fourth-order valence-corrected chi connectivity index (χ4v) is 6.26. The normalized spacial score (nSPS) is 12.5. The van der Waals surface area contributed by atoms with Crippen molar-refractivity contribution in [2.24, 2.45) is 0 Å². The molecule has 8 heteroatoms. The van der Waals surface area contributed by atoms with Gasteiger partial charge in [-0.05, 0) is 78.7 Å². The largest absolute Gasteiger partial charge is 0.494 e. The van der Waals surface area contributed by atoms with Gasteiger partial charge in [-0.25, -0.2) is 0 Å². The Morgan fingerprint density at radius 1 is 0.895 bits per heavy atom. The summed E-state index contributed by atoms with van der Waals surface area (Å²) in [5.41, 5.74) is 5.19. The van der Waals surface area contributed by atoms with Crippen LogP contribution in [0.15, 0.2) is 95.5 Å². The lowest BCUT2D eigenvalue weighted by atomic mass is 10.0. The molecule has 1 aliphatic heterocycles. The van der Waals surface area contributed by atoms with E-state index in [9.17, 15) is 4.79 Å². The first kappa shape index (κ1) is 24.5. The van der Waals surface area contributed by atoms with Crippen molar-refractivity contribution < 1.29 is 9.53 Å². The zero-order chi connectivity index (χ0) is 25.9. The number of amides is 1. The molecule has 3 heterocycles. The Morgan fingerprint density at radius 2 is 1.58 bits per heavy atom. The van der Waals surface area contributed by atoms with Crippen molar-refractivity contribution in [1.29, 1.82) is 0 Å². The molecule has 0 saturated carbocycles. The lowest BCUT2D eigenvalue weighted by molar-refractivity contribution is -0.115. The molecule has 2 aromatic heterocycles. The van der Waals surface area contributed by atoms with Crippen molar-refractivity contribution >= 4 is 40.4 Å². The predicted octanol–water partition coefficient (Wildman–Crippen LogP) is 6.95. The van der Waals surface area contributed by atoms with Gasteiger partial charge < -0.3 is 4.74 Å². The number of carbonyl (C=O) groups is 1. The van der Waals surface area contributed by atoms with Gasteiger partial charge in [-0.3, -0.25) is 14.3 Å². The topological polar surface area (TPSA) is 60.2 Å². The van der Waals surface area contributed by atoms with Gasteiger partial charge >= 0.3 is 0 Å². The van der Waals surface area contributed by atoms with Gasteiger partial charge in [0.15, 0.2) is 11.0 Å². The zero-order valence-corrected chi connectivity index (χ0v) is 22.5. The van der Waals surface area contributed by atoms with Crippen LogP contribution in [0.2, 0.25) is 0 Å². The molecule has 0 unspecified atom stereocenters. The summed E-state index contributed by atoms with van der Waals surface area (Å²) >= 11 is 3.01. The minimum atomic E-state index is 0.00992. The summed E-state index contributed by atoms with van der Waals surface area (Å²) in [5.74, 6) is 1.80. The van der Waals surface area contributed by atoms with Gasteiger partial charge in [-0.1, -0.05) is 54.2 Å². The van der Waals surface area contributed by atoms with E-state index in [1.165, 1.54) is 22.9 Å². The molecule has 3 aromatic carbocycles. The number of thiophene rings is 1. The molecular formula is C30H26N4O2S2. The van der Waals surface area contributed by atoms with E-state index in [0.717, 1.165) is 46.4 Å². The smallest absolute Gasteiger partial charge is 0.242 e. The maximum atomic E-state index is 13.9. The first-order valence-corrected chi connectivity index (χ1v) is 14.4. The third kappa shape index (κ3) is 4.73. The molecule has 38 heavy (non-hydrogen) atoms. The van der Waals surface area contributed by atoms with Crippen molar-refractivity contribution in [3.05, 3.63) is 101 Å². The standard InChI is InChI=1S/C30H26N4O2S2/c1-2-36-24-17-15-23(16-18-24)33-29(27-12-7-19-37-27)31-32-30(33)38-20-28(35)34-25-10-5-3-8-21(25)13-14-22-9-4-6-11-26(22)34/h3-12,15-19H,2,13-14,20H2,1H3.